The Morgan fingerprint density at radius 1 is 1.08 bits per heavy atom. The highest BCUT2D eigenvalue weighted by Gasteiger charge is 2.55. The zero-order valence-corrected chi connectivity index (χ0v) is 14.7. The van der Waals surface area contributed by atoms with Gasteiger partial charge in [0, 0.05) is 36.4 Å². The van der Waals surface area contributed by atoms with Crippen molar-refractivity contribution in [2.75, 3.05) is 13.1 Å². The molecule has 0 unspecified atom stereocenters. The number of benzene rings is 1. The molecule has 2 saturated heterocycles. The van der Waals surface area contributed by atoms with E-state index in [2.05, 4.69) is 40.5 Å². The first-order valence-electron chi connectivity index (χ1n) is 9.71. The molecule has 1 N–H and O–H groups in total. The number of hydrogen-bond donors (Lipinski definition) is 1. The van der Waals surface area contributed by atoms with Crippen molar-refractivity contribution < 1.29 is 9.59 Å². The molecule has 4 heteroatoms. The standard InChI is InChI=1S/C21H26N2O2/c24-18-7-9-21(22-18)11-17(12-21)19(25)23-13-20(14-23)8-6-16(10-20)15-4-2-1-3-5-15/h1-5,16-17H,6-14H2,(H,22,24)/t16-,17-,21+/m1/s1. The van der Waals surface area contributed by atoms with Gasteiger partial charge < -0.3 is 10.2 Å². The van der Waals surface area contributed by atoms with Gasteiger partial charge in [0.2, 0.25) is 11.8 Å². The summed E-state index contributed by atoms with van der Waals surface area (Å²) in [4.78, 5) is 26.3. The van der Waals surface area contributed by atoms with Gasteiger partial charge in [0.1, 0.15) is 0 Å². The predicted molar refractivity (Wildman–Crippen MR) is 94.9 cm³/mol. The number of rotatable bonds is 2. The molecule has 4 nitrogen and oxygen atoms in total. The van der Waals surface area contributed by atoms with E-state index in [1.807, 2.05) is 0 Å². The molecule has 2 heterocycles. The molecule has 0 radical (unpaired) electrons. The van der Waals surface area contributed by atoms with Crippen LogP contribution in [0, 0.1) is 11.3 Å². The molecule has 0 aromatic heterocycles. The Balaban J connectivity index is 1.15. The summed E-state index contributed by atoms with van der Waals surface area (Å²) < 4.78 is 0. The lowest BCUT2D eigenvalue weighted by atomic mass is 9.66. The molecule has 132 valence electrons. The lowest BCUT2D eigenvalue weighted by Crippen LogP contribution is -2.63. The average molecular weight is 338 g/mol. The summed E-state index contributed by atoms with van der Waals surface area (Å²) in [5.74, 6) is 1.30. The maximum atomic E-state index is 12.7. The van der Waals surface area contributed by atoms with Gasteiger partial charge in [-0.1, -0.05) is 30.3 Å². The summed E-state index contributed by atoms with van der Waals surface area (Å²) in [5, 5.41) is 3.09. The van der Waals surface area contributed by atoms with Crippen molar-refractivity contribution in [1.29, 1.82) is 0 Å². The molecule has 2 aliphatic heterocycles. The highest BCUT2D eigenvalue weighted by Crippen LogP contribution is 2.53. The Hall–Kier alpha value is -1.84. The molecule has 2 spiro atoms. The number of amides is 2. The fourth-order valence-corrected chi connectivity index (χ4v) is 5.82. The monoisotopic (exact) mass is 338 g/mol. The number of nitrogens with zero attached hydrogens (tertiary/aromatic N) is 1. The van der Waals surface area contributed by atoms with Crippen LogP contribution in [-0.2, 0) is 9.59 Å². The van der Waals surface area contributed by atoms with Crippen LogP contribution in [0.2, 0.25) is 0 Å². The van der Waals surface area contributed by atoms with Crippen LogP contribution in [0.3, 0.4) is 0 Å². The van der Waals surface area contributed by atoms with Crippen molar-refractivity contribution in [3.63, 3.8) is 0 Å². The Bertz CT molecular complexity index is 702. The maximum Gasteiger partial charge on any atom is 0.225 e. The lowest BCUT2D eigenvalue weighted by Gasteiger charge is -2.53. The van der Waals surface area contributed by atoms with Gasteiger partial charge in [0.25, 0.3) is 0 Å². The highest BCUT2D eigenvalue weighted by atomic mass is 16.2. The summed E-state index contributed by atoms with van der Waals surface area (Å²) in [6.45, 7) is 1.90. The molecule has 2 amide bonds. The second kappa shape index (κ2) is 5.33. The quantitative estimate of drug-likeness (QED) is 0.901. The van der Waals surface area contributed by atoms with E-state index >= 15 is 0 Å². The van der Waals surface area contributed by atoms with Crippen LogP contribution >= 0.6 is 0 Å². The lowest BCUT2D eigenvalue weighted by molar-refractivity contribution is -0.153. The first-order chi connectivity index (χ1) is 12.1. The third kappa shape index (κ3) is 2.49. The van der Waals surface area contributed by atoms with Gasteiger partial charge in [-0.2, -0.15) is 0 Å². The van der Waals surface area contributed by atoms with Gasteiger partial charge >= 0.3 is 0 Å². The molecule has 2 saturated carbocycles. The van der Waals surface area contributed by atoms with Crippen LogP contribution in [0.25, 0.3) is 0 Å². The van der Waals surface area contributed by atoms with Crippen LogP contribution in [0.1, 0.15) is 56.4 Å². The number of hydrogen-bond acceptors (Lipinski definition) is 2. The normalized spacial score (nSPS) is 35.5. The van der Waals surface area contributed by atoms with Crippen molar-refractivity contribution in [2.24, 2.45) is 11.3 Å². The van der Waals surface area contributed by atoms with Gasteiger partial charge in [-0.25, -0.2) is 0 Å². The summed E-state index contributed by atoms with van der Waals surface area (Å²) in [6.07, 6.45) is 6.99. The minimum absolute atomic E-state index is 0.0360. The van der Waals surface area contributed by atoms with Crippen LogP contribution in [0.5, 0.6) is 0 Å². The van der Waals surface area contributed by atoms with E-state index < -0.39 is 0 Å². The number of carbonyl (C=O) groups is 2. The maximum absolute atomic E-state index is 12.7. The first kappa shape index (κ1) is 15.4. The minimum atomic E-state index is -0.0360. The molecule has 4 aliphatic rings. The molecule has 1 aromatic rings. The Kier molecular flexibility index (Phi) is 3.28. The van der Waals surface area contributed by atoms with E-state index in [4.69, 9.17) is 0 Å². The Morgan fingerprint density at radius 2 is 1.84 bits per heavy atom. The Morgan fingerprint density at radius 3 is 2.52 bits per heavy atom. The number of carbonyl (C=O) groups excluding carboxylic acids is 2. The van der Waals surface area contributed by atoms with Crippen LogP contribution < -0.4 is 5.32 Å². The molecule has 1 atom stereocenters. The molecule has 0 bridgehead atoms. The molecule has 25 heavy (non-hydrogen) atoms. The number of likely N-dealkylation sites (tertiary alicyclic amines) is 1. The van der Waals surface area contributed by atoms with E-state index in [9.17, 15) is 9.59 Å². The van der Waals surface area contributed by atoms with E-state index in [-0.39, 0.29) is 17.4 Å². The van der Waals surface area contributed by atoms with Crippen molar-refractivity contribution in [2.45, 2.75) is 56.4 Å². The highest BCUT2D eigenvalue weighted by molar-refractivity contribution is 5.84. The third-order valence-corrected chi connectivity index (χ3v) is 7.20. The SMILES string of the molecule is O=C1CC[C@]2(C[C@H](C(=O)N3CC4(CC[C@@H](c5ccccc5)C4)C3)C2)N1. The van der Waals surface area contributed by atoms with E-state index in [0.29, 0.717) is 23.7 Å². The fourth-order valence-electron chi connectivity index (χ4n) is 5.82. The summed E-state index contributed by atoms with van der Waals surface area (Å²) >= 11 is 0. The van der Waals surface area contributed by atoms with E-state index in [0.717, 1.165) is 32.4 Å². The summed E-state index contributed by atoms with van der Waals surface area (Å²) in [6, 6.07) is 10.8. The topological polar surface area (TPSA) is 49.4 Å². The van der Waals surface area contributed by atoms with Gasteiger partial charge in [0.05, 0.1) is 0 Å². The van der Waals surface area contributed by atoms with Crippen molar-refractivity contribution >= 4 is 11.8 Å². The summed E-state index contributed by atoms with van der Waals surface area (Å²) in [7, 11) is 0. The molecule has 1 aromatic carbocycles. The predicted octanol–water partition coefficient (Wildman–Crippen LogP) is 2.84. The van der Waals surface area contributed by atoms with Crippen molar-refractivity contribution in [3.05, 3.63) is 35.9 Å². The van der Waals surface area contributed by atoms with E-state index in [1.54, 1.807) is 0 Å². The van der Waals surface area contributed by atoms with Crippen molar-refractivity contribution in [1.82, 2.24) is 10.2 Å². The summed E-state index contributed by atoms with van der Waals surface area (Å²) in [5.41, 5.74) is 1.80. The second-order valence-electron chi connectivity index (χ2n) is 8.98. The smallest absolute Gasteiger partial charge is 0.225 e. The zero-order valence-electron chi connectivity index (χ0n) is 14.7. The van der Waals surface area contributed by atoms with Gasteiger partial charge in [-0.05, 0) is 50.0 Å². The van der Waals surface area contributed by atoms with Crippen LogP contribution in [-0.4, -0.2) is 35.3 Å². The van der Waals surface area contributed by atoms with Gasteiger partial charge in [-0.3, -0.25) is 9.59 Å². The zero-order chi connectivity index (χ0) is 17.1. The molecular weight excluding hydrogens is 312 g/mol. The Labute approximate surface area is 149 Å². The van der Waals surface area contributed by atoms with E-state index in [1.165, 1.54) is 24.8 Å². The average Bonchev–Trinajstić information content (AvgIpc) is 3.17. The minimum Gasteiger partial charge on any atom is -0.351 e. The molecule has 4 fully saturated rings. The van der Waals surface area contributed by atoms with Crippen LogP contribution in [0.15, 0.2) is 30.3 Å². The fraction of sp³-hybridized carbons (Fsp3) is 0.619. The van der Waals surface area contributed by atoms with Gasteiger partial charge in [-0.15, -0.1) is 0 Å². The number of nitrogens with one attached hydrogen (secondary N) is 1. The molecule has 5 rings (SSSR count). The molecular formula is C21H26N2O2. The van der Waals surface area contributed by atoms with Crippen molar-refractivity contribution in [3.8, 4) is 0 Å². The third-order valence-electron chi connectivity index (χ3n) is 7.20. The largest absolute Gasteiger partial charge is 0.351 e. The van der Waals surface area contributed by atoms with Gasteiger partial charge in [0.15, 0.2) is 0 Å². The molecule has 2 aliphatic carbocycles. The first-order valence-corrected chi connectivity index (χ1v) is 9.71. The van der Waals surface area contributed by atoms with Crippen LogP contribution in [0.4, 0.5) is 0 Å². The second-order valence-corrected chi connectivity index (χ2v) is 8.98.